The fraction of sp³-hybridized carbons (Fsp3) is 0.545. The zero-order valence-electron chi connectivity index (χ0n) is 10.5. The van der Waals surface area contributed by atoms with Gasteiger partial charge in [0.1, 0.15) is 4.21 Å². The molecule has 1 aromatic heterocycles. The summed E-state index contributed by atoms with van der Waals surface area (Å²) in [6.45, 7) is 3.19. The van der Waals surface area contributed by atoms with Crippen molar-refractivity contribution in [2.45, 2.75) is 29.5 Å². The van der Waals surface area contributed by atoms with E-state index < -0.39 is 10.0 Å². The summed E-state index contributed by atoms with van der Waals surface area (Å²) in [5.41, 5.74) is 0.0145. The lowest BCUT2D eigenvalue weighted by Crippen LogP contribution is -2.49. The molecule has 1 aliphatic heterocycles. The number of nitrogens with two attached hydrogens (primary N) is 1. The third kappa shape index (κ3) is 3.53. The van der Waals surface area contributed by atoms with Crippen LogP contribution in [0.3, 0.4) is 0 Å². The smallest absolute Gasteiger partial charge is 0.252 e. The van der Waals surface area contributed by atoms with Crippen LogP contribution in [0.1, 0.15) is 30.1 Å². The largest absolute Gasteiger partial charge is 0.381 e. The number of nitrogens with one attached hydrogen (secondary N) is 1. The zero-order valence-corrected chi connectivity index (χ0v) is 12.1. The molecule has 3 N–H and O–H groups in total. The summed E-state index contributed by atoms with van der Waals surface area (Å²) in [7, 11) is -3.75. The van der Waals surface area contributed by atoms with Crippen LogP contribution in [0.4, 0.5) is 0 Å². The lowest BCUT2D eigenvalue weighted by molar-refractivity contribution is 0.0423. The van der Waals surface area contributed by atoms with Crippen molar-refractivity contribution in [2.75, 3.05) is 13.2 Å². The highest BCUT2D eigenvalue weighted by molar-refractivity contribution is 7.91. The topological polar surface area (TPSA) is 98.5 Å². The van der Waals surface area contributed by atoms with Gasteiger partial charge in [0, 0.05) is 24.1 Å². The number of rotatable bonds is 3. The Morgan fingerprint density at radius 2 is 2.11 bits per heavy atom. The second-order valence-electron chi connectivity index (χ2n) is 4.83. The standard InChI is InChI=1S/C11H16N2O4S2/c1-11(2-4-17-5-3-11)13-10(14)8-6-9(18-7-8)19(12,15)16/h6-7H,2-5H2,1H3,(H,13,14)(H2,12,15,16). The molecule has 2 heterocycles. The minimum atomic E-state index is -3.75. The molecule has 106 valence electrons. The van der Waals surface area contributed by atoms with Crippen molar-refractivity contribution >= 4 is 27.3 Å². The van der Waals surface area contributed by atoms with E-state index in [2.05, 4.69) is 5.32 Å². The van der Waals surface area contributed by atoms with Crippen LogP contribution in [0.2, 0.25) is 0 Å². The minimum absolute atomic E-state index is 0.00483. The molecule has 0 aliphatic carbocycles. The number of hydrogen-bond acceptors (Lipinski definition) is 5. The molecule has 0 bridgehead atoms. The van der Waals surface area contributed by atoms with Gasteiger partial charge >= 0.3 is 0 Å². The Kier molecular flexibility index (Phi) is 3.95. The van der Waals surface area contributed by atoms with E-state index in [1.54, 1.807) is 0 Å². The van der Waals surface area contributed by atoms with Crippen LogP contribution in [0.15, 0.2) is 15.7 Å². The Hall–Kier alpha value is -0.960. The fourth-order valence-electron chi connectivity index (χ4n) is 1.88. The Morgan fingerprint density at radius 3 is 2.63 bits per heavy atom. The van der Waals surface area contributed by atoms with Crippen LogP contribution in [0.5, 0.6) is 0 Å². The van der Waals surface area contributed by atoms with Crippen molar-refractivity contribution in [3.05, 3.63) is 17.0 Å². The zero-order chi connectivity index (χ0) is 14.1. The second kappa shape index (κ2) is 5.20. The molecule has 8 heteroatoms. The summed E-state index contributed by atoms with van der Waals surface area (Å²) >= 11 is 0.947. The van der Waals surface area contributed by atoms with Crippen LogP contribution >= 0.6 is 11.3 Å². The highest BCUT2D eigenvalue weighted by Gasteiger charge is 2.29. The van der Waals surface area contributed by atoms with Gasteiger partial charge in [-0.2, -0.15) is 0 Å². The number of primary sulfonamides is 1. The number of hydrogen-bond donors (Lipinski definition) is 2. The molecule has 0 aromatic carbocycles. The van der Waals surface area contributed by atoms with Gasteiger partial charge in [-0.25, -0.2) is 13.6 Å². The molecule has 1 aliphatic rings. The first-order valence-electron chi connectivity index (χ1n) is 5.82. The van der Waals surface area contributed by atoms with E-state index in [0.717, 1.165) is 24.2 Å². The van der Waals surface area contributed by atoms with E-state index in [0.29, 0.717) is 18.8 Å². The Bertz CT molecular complexity index is 573. The van der Waals surface area contributed by atoms with Gasteiger partial charge in [0.15, 0.2) is 0 Å². The molecule has 0 atom stereocenters. The van der Waals surface area contributed by atoms with E-state index in [4.69, 9.17) is 9.88 Å². The molecule has 0 radical (unpaired) electrons. The quantitative estimate of drug-likeness (QED) is 0.858. The highest BCUT2D eigenvalue weighted by atomic mass is 32.2. The molecule has 19 heavy (non-hydrogen) atoms. The molecule has 1 saturated heterocycles. The minimum Gasteiger partial charge on any atom is -0.381 e. The monoisotopic (exact) mass is 304 g/mol. The predicted octanol–water partition coefficient (Wildman–Crippen LogP) is 0.694. The maximum Gasteiger partial charge on any atom is 0.252 e. The Labute approximate surface area is 116 Å². The van der Waals surface area contributed by atoms with Crippen molar-refractivity contribution < 1.29 is 17.9 Å². The van der Waals surface area contributed by atoms with Gasteiger partial charge in [0.25, 0.3) is 5.91 Å². The molecular formula is C11H16N2O4S2. The van der Waals surface area contributed by atoms with Crippen molar-refractivity contribution in [3.63, 3.8) is 0 Å². The maximum absolute atomic E-state index is 12.1. The van der Waals surface area contributed by atoms with E-state index in [1.165, 1.54) is 11.4 Å². The average molecular weight is 304 g/mol. The van der Waals surface area contributed by atoms with Gasteiger partial charge in [0.2, 0.25) is 10.0 Å². The average Bonchev–Trinajstić information content (AvgIpc) is 2.78. The number of thiophene rings is 1. The lowest BCUT2D eigenvalue weighted by Gasteiger charge is -2.34. The summed E-state index contributed by atoms with van der Waals surface area (Å²) in [6, 6.07) is 1.30. The molecule has 1 aromatic rings. The summed E-state index contributed by atoms with van der Waals surface area (Å²) in [5.74, 6) is -0.282. The normalized spacial score (nSPS) is 19.1. The van der Waals surface area contributed by atoms with Gasteiger partial charge in [-0.3, -0.25) is 4.79 Å². The molecule has 1 amide bonds. The van der Waals surface area contributed by atoms with Crippen LogP contribution in [-0.2, 0) is 14.8 Å². The van der Waals surface area contributed by atoms with Crippen LogP contribution < -0.4 is 10.5 Å². The molecule has 6 nitrogen and oxygen atoms in total. The number of ether oxygens (including phenoxy) is 1. The molecule has 2 rings (SSSR count). The number of carbonyl (C=O) groups is 1. The molecule has 0 saturated carbocycles. The number of carbonyl (C=O) groups excluding carboxylic acids is 1. The van der Waals surface area contributed by atoms with Gasteiger partial charge in [-0.15, -0.1) is 11.3 Å². The second-order valence-corrected chi connectivity index (χ2v) is 7.53. The number of sulfonamides is 1. The summed E-state index contributed by atoms with van der Waals surface area (Å²) < 4.78 is 27.6. The van der Waals surface area contributed by atoms with E-state index in [9.17, 15) is 13.2 Å². The maximum atomic E-state index is 12.1. The van der Waals surface area contributed by atoms with Crippen LogP contribution in [0.25, 0.3) is 0 Å². The predicted molar refractivity (Wildman–Crippen MR) is 71.6 cm³/mol. The Balaban J connectivity index is 2.10. The van der Waals surface area contributed by atoms with E-state index >= 15 is 0 Å². The van der Waals surface area contributed by atoms with Crippen LogP contribution in [-0.4, -0.2) is 33.1 Å². The van der Waals surface area contributed by atoms with Gasteiger partial charge in [-0.05, 0) is 25.8 Å². The van der Waals surface area contributed by atoms with E-state index in [1.807, 2.05) is 6.92 Å². The first-order chi connectivity index (χ1) is 8.80. The van der Waals surface area contributed by atoms with Gasteiger partial charge in [0.05, 0.1) is 5.56 Å². The summed E-state index contributed by atoms with van der Waals surface area (Å²) in [6.07, 6.45) is 1.48. The number of amides is 1. The van der Waals surface area contributed by atoms with Crippen molar-refractivity contribution in [3.8, 4) is 0 Å². The van der Waals surface area contributed by atoms with E-state index in [-0.39, 0.29) is 15.7 Å². The first kappa shape index (κ1) is 14.4. The van der Waals surface area contributed by atoms with Gasteiger partial charge < -0.3 is 10.1 Å². The molecule has 0 spiro atoms. The Morgan fingerprint density at radius 1 is 1.47 bits per heavy atom. The SMILES string of the molecule is CC1(NC(=O)c2csc(S(N)(=O)=O)c2)CCOCC1. The summed E-state index contributed by atoms with van der Waals surface area (Å²) in [5, 5.41) is 9.44. The van der Waals surface area contributed by atoms with Crippen LogP contribution in [0, 0.1) is 0 Å². The molecule has 0 unspecified atom stereocenters. The summed E-state index contributed by atoms with van der Waals surface area (Å²) in [4.78, 5) is 12.1. The third-order valence-electron chi connectivity index (χ3n) is 3.13. The molecular weight excluding hydrogens is 288 g/mol. The first-order valence-corrected chi connectivity index (χ1v) is 8.24. The van der Waals surface area contributed by atoms with Crippen molar-refractivity contribution in [1.82, 2.24) is 5.32 Å². The van der Waals surface area contributed by atoms with Crippen molar-refractivity contribution in [2.24, 2.45) is 5.14 Å². The van der Waals surface area contributed by atoms with Gasteiger partial charge in [-0.1, -0.05) is 0 Å². The fourth-order valence-corrected chi connectivity index (χ4v) is 3.46. The molecule has 1 fully saturated rings. The highest BCUT2D eigenvalue weighted by Crippen LogP contribution is 2.23. The third-order valence-corrected chi connectivity index (χ3v) is 5.52. The van der Waals surface area contributed by atoms with Crippen molar-refractivity contribution in [1.29, 1.82) is 0 Å². The lowest BCUT2D eigenvalue weighted by atomic mass is 9.92.